The number of morpholine rings is 1. The average molecular weight is 295 g/mol. The van der Waals surface area contributed by atoms with Gasteiger partial charge in [-0.1, -0.05) is 12.1 Å². The van der Waals surface area contributed by atoms with Gasteiger partial charge >= 0.3 is 5.97 Å². The fourth-order valence-electron chi connectivity index (χ4n) is 2.39. The van der Waals surface area contributed by atoms with Crippen molar-refractivity contribution in [3.63, 3.8) is 0 Å². The number of nitrogens with zero attached hydrogens (tertiary/aromatic N) is 1. The largest absolute Gasteiger partial charge is 0.481 e. The molecule has 1 heterocycles. The number of rotatable bonds is 5. The van der Waals surface area contributed by atoms with Crippen molar-refractivity contribution < 1.29 is 23.8 Å². The molecule has 1 aromatic carbocycles. The van der Waals surface area contributed by atoms with Crippen LogP contribution in [0.4, 0.5) is 4.39 Å². The second kappa shape index (κ2) is 6.22. The lowest BCUT2D eigenvalue weighted by molar-refractivity contribution is -0.164. The van der Waals surface area contributed by atoms with Crippen molar-refractivity contribution in [2.45, 2.75) is 31.9 Å². The number of amides is 1. The fraction of sp³-hybridized carbons (Fsp3) is 0.467. The number of halogens is 1. The van der Waals surface area contributed by atoms with E-state index in [9.17, 15) is 14.0 Å². The van der Waals surface area contributed by atoms with Crippen molar-refractivity contribution >= 4 is 11.9 Å². The highest BCUT2D eigenvalue weighted by molar-refractivity contribution is 5.78. The molecular weight excluding hydrogens is 277 g/mol. The summed E-state index contributed by atoms with van der Waals surface area (Å²) in [6.45, 7) is 2.31. The third kappa shape index (κ3) is 4.26. The van der Waals surface area contributed by atoms with E-state index in [-0.39, 0.29) is 24.8 Å². The van der Waals surface area contributed by atoms with Gasteiger partial charge in [0.1, 0.15) is 12.4 Å². The Morgan fingerprint density at radius 3 is 2.95 bits per heavy atom. The van der Waals surface area contributed by atoms with E-state index in [4.69, 9.17) is 9.84 Å². The van der Waals surface area contributed by atoms with Gasteiger partial charge in [-0.15, -0.1) is 0 Å². The van der Waals surface area contributed by atoms with Crippen LogP contribution in [0.3, 0.4) is 0 Å². The van der Waals surface area contributed by atoms with E-state index >= 15 is 0 Å². The van der Waals surface area contributed by atoms with Gasteiger partial charge in [-0.2, -0.15) is 0 Å². The van der Waals surface area contributed by atoms with Crippen LogP contribution in [0.5, 0.6) is 0 Å². The molecule has 1 aliphatic heterocycles. The predicted octanol–water partition coefficient (Wildman–Crippen LogP) is 1.81. The van der Waals surface area contributed by atoms with E-state index in [0.29, 0.717) is 25.1 Å². The summed E-state index contributed by atoms with van der Waals surface area (Å²) in [5, 5.41) is 8.76. The standard InChI is InChI=1S/C15H18FNO4/c1-15(6-5-14(19)20)10-17(13(18)9-21-15)8-11-3-2-4-12(16)7-11/h2-4,7H,5-6,8-10H2,1H3,(H,19,20). The number of carboxylic acids is 1. The summed E-state index contributed by atoms with van der Waals surface area (Å²) in [6.07, 6.45) is 0.313. The number of benzene rings is 1. The number of carboxylic acid groups (broad SMARTS) is 1. The van der Waals surface area contributed by atoms with Crippen molar-refractivity contribution in [1.82, 2.24) is 4.90 Å². The zero-order valence-electron chi connectivity index (χ0n) is 11.8. The molecule has 1 atom stereocenters. The van der Waals surface area contributed by atoms with E-state index in [1.54, 1.807) is 24.0 Å². The first-order valence-corrected chi connectivity index (χ1v) is 6.76. The van der Waals surface area contributed by atoms with Gasteiger partial charge in [0, 0.05) is 19.5 Å². The minimum atomic E-state index is -0.895. The van der Waals surface area contributed by atoms with E-state index in [0.717, 1.165) is 0 Å². The Balaban J connectivity index is 2.04. The molecule has 5 nitrogen and oxygen atoms in total. The number of hydrogen-bond acceptors (Lipinski definition) is 3. The first-order valence-electron chi connectivity index (χ1n) is 6.76. The van der Waals surface area contributed by atoms with Gasteiger partial charge in [0.25, 0.3) is 0 Å². The smallest absolute Gasteiger partial charge is 0.303 e. The summed E-state index contributed by atoms with van der Waals surface area (Å²) in [5.41, 5.74) is 0.0189. The molecule has 21 heavy (non-hydrogen) atoms. The van der Waals surface area contributed by atoms with Crippen molar-refractivity contribution in [3.05, 3.63) is 35.6 Å². The molecule has 2 rings (SSSR count). The van der Waals surface area contributed by atoms with Crippen molar-refractivity contribution in [2.75, 3.05) is 13.2 Å². The summed E-state index contributed by atoms with van der Waals surface area (Å²) >= 11 is 0. The molecule has 0 bridgehead atoms. The molecule has 1 N–H and O–H groups in total. The second-order valence-electron chi connectivity index (χ2n) is 5.51. The summed E-state index contributed by atoms with van der Waals surface area (Å²) in [5.74, 6) is -1.41. The third-order valence-electron chi connectivity index (χ3n) is 3.55. The molecule has 0 saturated carbocycles. The highest BCUT2D eigenvalue weighted by Gasteiger charge is 2.36. The topological polar surface area (TPSA) is 66.8 Å². The molecule has 1 aromatic rings. The first kappa shape index (κ1) is 15.4. The summed E-state index contributed by atoms with van der Waals surface area (Å²) < 4.78 is 18.7. The Morgan fingerprint density at radius 2 is 2.29 bits per heavy atom. The molecule has 1 amide bonds. The molecule has 0 spiro atoms. The van der Waals surface area contributed by atoms with Crippen LogP contribution in [0.15, 0.2) is 24.3 Å². The number of hydrogen-bond donors (Lipinski definition) is 1. The van der Waals surface area contributed by atoms with Gasteiger partial charge in [0.2, 0.25) is 5.91 Å². The highest BCUT2D eigenvalue weighted by atomic mass is 19.1. The van der Waals surface area contributed by atoms with Crippen molar-refractivity contribution in [3.8, 4) is 0 Å². The maximum Gasteiger partial charge on any atom is 0.303 e. The van der Waals surface area contributed by atoms with Gasteiger partial charge < -0.3 is 14.7 Å². The first-order chi connectivity index (χ1) is 9.88. The Hall–Kier alpha value is -1.95. The zero-order chi connectivity index (χ0) is 15.5. The molecule has 0 aromatic heterocycles. The van der Waals surface area contributed by atoms with Gasteiger partial charge in [0.05, 0.1) is 5.60 Å². The minimum Gasteiger partial charge on any atom is -0.481 e. The van der Waals surface area contributed by atoms with Crippen molar-refractivity contribution in [1.29, 1.82) is 0 Å². The SMILES string of the molecule is CC1(CCC(=O)O)CN(Cc2cccc(F)c2)C(=O)CO1. The predicted molar refractivity (Wildman–Crippen MR) is 73.0 cm³/mol. The lowest BCUT2D eigenvalue weighted by Crippen LogP contribution is -2.52. The van der Waals surface area contributed by atoms with Gasteiger partial charge in [0.15, 0.2) is 0 Å². The summed E-state index contributed by atoms with van der Waals surface area (Å²) in [6, 6.07) is 6.08. The zero-order valence-corrected chi connectivity index (χ0v) is 11.8. The third-order valence-corrected chi connectivity index (χ3v) is 3.55. The lowest BCUT2D eigenvalue weighted by Gasteiger charge is -2.40. The molecular formula is C15H18FNO4. The monoisotopic (exact) mass is 295 g/mol. The number of carbonyl (C=O) groups is 2. The van der Waals surface area contributed by atoms with Crippen LogP contribution in [0.2, 0.25) is 0 Å². The number of aliphatic carboxylic acids is 1. The number of ether oxygens (including phenoxy) is 1. The van der Waals surface area contributed by atoms with Crippen LogP contribution in [0.25, 0.3) is 0 Å². The highest BCUT2D eigenvalue weighted by Crippen LogP contribution is 2.25. The van der Waals surface area contributed by atoms with Crippen LogP contribution in [0, 0.1) is 5.82 Å². The normalized spacial score (nSPS) is 22.4. The van der Waals surface area contributed by atoms with Gasteiger partial charge in [-0.3, -0.25) is 9.59 Å². The summed E-state index contributed by atoms with van der Waals surface area (Å²) in [4.78, 5) is 24.2. The average Bonchev–Trinajstić information content (AvgIpc) is 2.41. The maximum absolute atomic E-state index is 13.2. The molecule has 114 valence electrons. The molecule has 1 aliphatic rings. The Morgan fingerprint density at radius 1 is 1.52 bits per heavy atom. The van der Waals surface area contributed by atoms with Gasteiger partial charge in [-0.25, -0.2) is 4.39 Å². The molecule has 6 heteroatoms. The second-order valence-corrected chi connectivity index (χ2v) is 5.51. The molecule has 1 fully saturated rings. The van der Waals surface area contributed by atoms with E-state index in [2.05, 4.69) is 0 Å². The van der Waals surface area contributed by atoms with E-state index in [1.165, 1.54) is 12.1 Å². The van der Waals surface area contributed by atoms with Crippen LogP contribution < -0.4 is 0 Å². The van der Waals surface area contributed by atoms with Crippen molar-refractivity contribution in [2.24, 2.45) is 0 Å². The molecule has 1 saturated heterocycles. The van der Waals surface area contributed by atoms with E-state index < -0.39 is 11.6 Å². The summed E-state index contributed by atoms with van der Waals surface area (Å²) in [7, 11) is 0. The number of carbonyl (C=O) groups excluding carboxylic acids is 1. The molecule has 1 unspecified atom stereocenters. The van der Waals surface area contributed by atoms with Crippen LogP contribution in [0.1, 0.15) is 25.3 Å². The fourth-order valence-corrected chi connectivity index (χ4v) is 2.39. The van der Waals surface area contributed by atoms with Crippen LogP contribution in [-0.2, 0) is 20.9 Å². The van der Waals surface area contributed by atoms with Crippen LogP contribution in [-0.4, -0.2) is 40.6 Å². The minimum absolute atomic E-state index is 0.0154. The van der Waals surface area contributed by atoms with Crippen LogP contribution >= 0.6 is 0 Å². The molecule has 0 aliphatic carbocycles. The Bertz CT molecular complexity index is 548. The Labute approximate surface area is 122 Å². The van der Waals surface area contributed by atoms with E-state index in [1.807, 2.05) is 0 Å². The quantitative estimate of drug-likeness (QED) is 0.899. The van der Waals surface area contributed by atoms with Gasteiger partial charge in [-0.05, 0) is 31.0 Å². The lowest BCUT2D eigenvalue weighted by atomic mass is 9.97. The maximum atomic E-state index is 13.2. The Kier molecular flexibility index (Phi) is 4.57. The molecule has 0 radical (unpaired) electrons.